The standard InChI is InChI=1S/C15H21BrFNS2/c1-3-14-15(20-7-6-19-14)13(18-2)8-10-4-5-11(16)9-12(10)17/h4-5,9,13-15,18H,3,6-8H2,1-2H3. The van der Waals surface area contributed by atoms with E-state index in [1.54, 1.807) is 6.07 Å². The molecule has 1 N–H and O–H groups in total. The van der Waals surface area contributed by atoms with Gasteiger partial charge in [0.1, 0.15) is 5.82 Å². The van der Waals surface area contributed by atoms with Crippen LogP contribution in [-0.2, 0) is 6.42 Å². The number of rotatable bonds is 5. The molecule has 0 spiro atoms. The fourth-order valence-corrected chi connectivity index (χ4v) is 6.25. The molecule has 0 aromatic heterocycles. The minimum absolute atomic E-state index is 0.110. The smallest absolute Gasteiger partial charge is 0.127 e. The summed E-state index contributed by atoms with van der Waals surface area (Å²) in [5.74, 6) is 2.33. The Morgan fingerprint density at radius 3 is 2.80 bits per heavy atom. The van der Waals surface area contributed by atoms with Gasteiger partial charge in [0.25, 0.3) is 0 Å². The maximum atomic E-state index is 14.0. The molecule has 112 valence electrons. The summed E-state index contributed by atoms with van der Waals surface area (Å²) >= 11 is 7.43. The monoisotopic (exact) mass is 377 g/mol. The van der Waals surface area contributed by atoms with Crippen LogP contribution < -0.4 is 5.32 Å². The summed E-state index contributed by atoms with van der Waals surface area (Å²) in [6, 6.07) is 5.70. The minimum atomic E-state index is -0.110. The van der Waals surface area contributed by atoms with Crippen molar-refractivity contribution in [2.24, 2.45) is 0 Å². The van der Waals surface area contributed by atoms with Crippen molar-refractivity contribution in [1.82, 2.24) is 5.32 Å². The van der Waals surface area contributed by atoms with Gasteiger partial charge in [-0.05, 0) is 37.6 Å². The SMILES string of the molecule is CCC1SCCSC1C(Cc1ccc(Br)cc1F)NC. The van der Waals surface area contributed by atoms with Gasteiger partial charge in [0.05, 0.1) is 0 Å². The Balaban J connectivity index is 2.11. The van der Waals surface area contributed by atoms with Crippen molar-refractivity contribution in [3.8, 4) is 0 Å². The van der Waals surface area contributed by atoms with Gasteiger partial charge in [-0.25, -0.2) is 4.39 Å². The molecular formula is C15H21BrFNS2. The van der Waals surface area contributed by atoms with Crippen molar-refractivity contribution < 1.29 is 4.39 Å². The predicted octanol–water partition coefficient (Wildman–Crippen LogP) is 4.35. The van der Waals surface area contributed by atoms with Crippen LogP contribution in [0.2, 0.25) is 0 Å². The van der Waals surface area contributed by atoms with E-state index in [0.29, 0.717) is 16.5 Å². The van der Waals surface area contributed by atoms with E-state index in [0.717, 1.165) is 16.5 Å². The number of nitrogens with one attached hydrogen (secondary N) is 1. The molecule has 1 aliphatic heterocycles. The molecule has 5 heteroatoms. The molecule has 1 fully saturated rings. The number of likely N-dealkylation sites (N-methyl/N-ethyl adjacent to an activating group) is 1. The first-order chi connectivity index (χ1) is 9.65. The summed E-state index contributed by atoms with van der Waals surface area (Å²) in [4.78, 5) is 0. The summed E-state index contributed by atoms with van der Waals surface area (Å²) in [5.41, 5.74) is 0.804. The average Bonchev–Trinajstić information content (AvgIpc) is 2.46. The van der Waals surface area contributed by atoms with Crippen LogP contribution in [0.4, 0.5) is 4.39 Å². The quantitative estimate of drug-likeness (QED) is 0.818. The van der Waals surface area contributed by atoms with Crippen molar-refractivity contribution in [2.45, 2.75) is 36.3 Å². The van der Waals surface area contributed by atoms with E-state index < -0.39 is 0 Å². The molecule has 2 rings (SSSR count). The molecule has 1 saturated heterocycles. The van der Waals surface area contributed by atoms with Crippen molar-refractivity contribution >= 4 is 39.5 Å². The largest absolute Gasteiger partial charge is 0.316 e. The van der Waals surface area contributed by atoms with Crippen LogP contribution in [0.15, 0.2) is 22.7 Å². The molecular weight excluding hydrogens is 357 g/mol. The lowest BCUT2D eigenvalue weighted by Crippen LogP contribution is -2.45. The Morgan fingerprint density at radius 2 is 2.15 bits per heavy atom. The fraction of sp³-hybridized carbons (Fsp3) is 0.600. The predicted molar refractivity (Wildman–Crippen MR) is 93.4 cm³/mol. The van der Waals surface area contributed by atoms with Gasteiger partial charge >= 0.3 is 0 Å². The summed E-state index contributed by atoms with van der Waals surface area (Å²) < 4.78 is 14.8. The Hall–Kier alpha value is 0.290. The molecule has 1 heterocycles. The van der Waals surface area contributed by atoms with Gasteiger partial charge in [-0.15, -0.1) is 0 Å². The van der Waals surface area contributed by atoms with E-state index in [1.165, 1.54) is 17.9 Å². The van der Waals surface area contributed by atoms with Crippen LogP contribution in [0.3, 0.4) is 0 Å². The topological polar surface area (TPSA) is 12.0 Å². The van der Waals surface area contributed by atoms with Crippen molar-refractivity contribution in [3.05, 3.63) is 34.1 Å². The summed E-state index contributed by atoms with van der Waals surface area (Å²) in [5, 5.41) is 4.65. The maximum Gasteiger partial charge on any atom is 0.127 e. The Bertz CT molecular complexity index is 444. The Kier molecular flexibility index (Phi) is 6.72. The van der Waals surface area contributed by atoms with E-state index in [2.05, 4.69) is 39.9 Å². The third-order valence-corrected chi connectivity index (χ3v) is 7.62. The molecule has 0 radical (unpaired) electrons. The second-order valence-electron chi connectivity index (χ2n) is 4.99. The van der Waals surface area contributed by atoms with Gasteiger partial charge in [-0.1, -0.05) is 28.9 Å². The maximum absolute atomic E-state index is 14.0. The Morgan fingerprint density at radius 1 is 1.40 bits per heavy atom. The lowest BCUT2D eigenvalue weighted by Gasteiger charge is -2.36. The minimum Gasteiger partial charge on any atom is -0.316 e. The Labute approximate surface area is 138 Å². The summed E-state index contributed by atoms with van der Waals surface area (Å²) in [6.07, 6.45) is 1.94. The van der Waals surface area contributed by atoms with Gasteiger partial charge in [0.15, 0.2) is 0 Å². The highest BCUT2D eigenvalue weighted by atomic mass is 79.9. The highest BCUT2D eigenvalue weighted by Gasteiger charge is 2.31. The third kappa shape index (κ3) is 4.15. The molecule has 1 aromatic carbocycles. The number of halogens is 2. The van der Waals surface area contributed by atoms with Crippen LogP contribution in [0.25, 0.3) is 0 Å². The van der Waals surface area contributed by atoms with E-state index in [1.807, 2.05) is 30.9 Å². The van der Waals surface area contributed by atoms with E-state index in [9.17, 15) is 4.39 Å². The molecule has 20 heavy (non-hydrogen) atoms. The molecule has 1 aliphatic rings. The van der Waals surface area contributed by atoms with Crippen LogP contribution in [-0.4, -0.2) is 35.1 Å². The lowest BCUT2D eigenvalue weighted by atomic mass is 10.00. The second-order valence-corrected chi connectivity index (χ2v) is 8.54. The van der Waals surface area contributed by atoms with E-state index >= 15 is 0 Å². The number of hydrogen-bond acceptors (Lipinski definition) is 3. The number of thioether (sulfide) groups is 2. The van der Waals surface area contributed by atoms with E-state index in [4.69, 9.17) is 0 Å². The van der Waals surface area contributed by atoms with Crippen LogP contribution in [0.1, 0.15) is 18.9 Å². The second kappa shape index (κ2) is 8.06. The molecule has 0 aliphatic carbocycles. The normalized spacial score (nSPS) is 24.6. The van der Waals surface area contributed by atoms with E-state index in [-0.39, 0.29) is 5.82 Å². The molecule has 0 bridgehead atoms. The van der Waals surface area contributed by atoms with Gasteiger partial charge in [-0.2, -0.15) is 23.5 Å². The molecule has 3 atom stereocenters. The van der Waals surface area contributed by atoms with Crippen LogP contribution in [0, 0.1) is 5.82 Å². The summed E-state index contributed by atoms with van der Waals surface area (Å²) in [7, 11) is 1.99. The first-order valence-corrected chi connectivity index (χ1v) is 9.89. The van der Waals surface area contributed by atoms with Gasteiger partial charge in [0, 0.05) is 32.5 Å². The van der Waals surface area contributed by atoms with Gasteiger partial charge in [0.2, 0.25) is 0 Å². The first kappa shape index (κ1) is 16.7. The highest BCUT2D eigenvalue weighted by Crippen LogP contribution is 2.36. The zero-order valence-corrected chi connectivity index (χ0v) is 15.1. The van der Waals surface area contributed by atoms with Crippen molar-refractivity contribution in [2.75, 3.05) is 18.6 Å². The average molecular weight is 378 g/mol. The summed E-state index contributed by atoms with van der Waals surface area (Å²) in [6.45, 7) is 2.25. The zero-order chi connectivity index (χ0) is 14.5. The molecule has 0 saturated carbocycles. The lowest BCUT2D eigenvalue weighted by molar-refractivity contribution is 0.503. The van der Waals surface area contributed by atoms with Gasteiger partial charge < -0.3 is 5.32 Å². The number of hydrogen-bond donors (Lipinski definition) is 1. The molecule has 0 amide bonds. The highest BCUT2D eigenvalue weighted by molar-refractivity contribution is 9.10. The van der Waals surface area contributed by atoms with Crippen LogP contribution in [0.5, 0.6) is 0 Å². The zero-order valence-electron chi connectivity index (χ0n) is 11.9. The first-order valence-electron chi connectivity index (χ1n) is 7.00. The third-order valence-electron chi connectivity index (χ3n) is 3.72. The van der Waals surface area contributed by atoms with Crippen molar-refractivity contribution in [1.29, 1.82) is 0 Å². The molecule has 1 nitrogen and oxygen atoms in total. The fourth-order valence-electron chi connectivity index (χ4n) is 2.62. The van der Waals surface area contributed by atoms with Crippen molar-refractivity contribution in [3.63, 3.8) is 0 Å². The number of benzene rings is 1. The molecule has 3 unspecified atom stereocenters. The van der Waals surface area contributed by atoms with Crippen LogP contribution >= 0.6 is 39.5 Å². The molecule has 1 aromatic rings. The van der Waals surface area contributed by atoms with Gasteiger partial charge in [-0.3, -0.25) is 0 Å².